The van der Waals surface area contributed by atoms with Gasteiger partial charge in [0, 0.05) is 11.3 Å². The van der Waals surface area contributed by atoms with Crippen molar-refractivity contribution in [2.75, 3.05) is 0 Å². The number of aryl methyl sites for hydroxylation is 2. The first-order valence-electron chi connectivity index (χ1n) is 8.90. The standard InChI is InChI=1S/C18H22N2O3S/c21-15(9-11-5-1-2-6-11)23-10-14-19-17(22)16-12-7-3-4-8-13(12)24-18(16)20-14/h11H,1-10H2,(H,19,20,22). The first kappa shape index (κ1) is 15.8. The second-order valence-electron chi connectivity index (χ2n) is 6.92. The van der Waals surface area contributed by atoms with Crippen LogP contribution in [-0.4, -0.2) is 15.9 Å². The largest absolute Gasteiger partial charge is 0.458 e. The Labute approximate surface area is 144 Å². The molecule has 2 aromatic rings. The van der Waals surface area contributed by atoms with Gasteiger partial charge in [0.2, 0.25) is 0 Å². The first-order chi connectivity index (χ1) is 11.7. The fraction of sp³-hybridized carbons (Fsp3) is 0.611. The minimum atomic E-state index is -0.185. The highest BCUT2D eigenvalue weighted by Crippen LogP contribution is 2.33. The zero-order valence-electron chi connectivity index (χ0n) is 13.7. The molecule has 6 heteroatoms. The summed E-state index contributed by atoms with van der Waals surface area (Å²) in [5.41, 5.74) is 1.08. The number of thiophene rings is 1. The molecule has 1 fully saturated rings. The van der Waals surface area contributed by atoms with Gasteiger partial charge in [-0.15, -0.1) is 11.3 Å². The Morgan fingerprint density at radius 2 is 2.00 bits per heavy atom. The van der Waals surface area contributed by atoms with Crippen molar-refractivity contribution < 1.29 is 9.53 Å². The summed E-state index contributed by atoms with van der Waals surface area (Å²) in [5, 5.41) is 0.746. The number of nitrogens with one attached hydrogen (secondary N) is 1. The molecular formula is C18H22N2O3S. The molecule has 0 radical (unpaired) electrons. The lowest BCUT2D eigenvalue weighted by atomic mass is 9.97. The van der Waals surface area contributed by atoms with Gasteiger partial charge in [0.05, 0.1) is 5.39 Å². The SMILES string of the molecule is O=C(CC1CCCC1)OCc1nc2sc3c(c2c(=O)[nH]1)CCCC3. The van der Waals surface area contributed by atoms with Gasteiger partial charge in [0.15, 0.2) is 0 Å². The van der Waals surface area contributed by atoms with Gasteiger partial charge < -0.3 is 9.72 Å². The van der Waals surface area contributed by atoms with Gasteiger partial charge in [0.25, 0.3) is 5.56 Å². The van der Waals surface area contributed by atoms with E-state index in [9.17, 15) is 9.59 Å². The van der Waals surface area contributed by atoms with Crippen molar-refractivity contribution in [2.45, 2.75) is 64.4 Å². The molecule has 2 aliphatic rings. The van der Waals surface area contributed by atoms with E-state index in [1.165, 1.54) is 29.7 Å². The quantitative estimate of drug-likeness (QED) is 0.860. The van der Waals surface area contributed by atoms with Crippen molar-refractivity contribution in [1.82, 2.24) is 9.97 Å². The number of aromatic amines is 1. The Balaban J connectivity index is 1.48. The van der Waals surface area contributed by atoms with Crippen LogP contribution < -0.4 is 5.56 Å². The predicted molar refractivity (Wildman–Crippen MR) is 93.3 cm³/mol. The lowest BCUT2D eigenvalue weighted by Gasteiger charge is -2.10. The Morgan fingerprint density at radius 1 is 1.21 bits per heavy atom. The van der Waals surface area contributed by atoms with E-state index in [-0.39, 0.29) is 18.1 Å². The third-order valence-corrected chi connectivity index (χ3v) is 6.36. The van der Waals surface area contributed by atoms with E-state index in [2.05, 4.69) is 9.97 Å². The maximum absolute atomic E-state index is 12.4. The van der Waals surface area contributed by atoms with Crippen LogP contribution in [0.15, 0.2) is 4.79 Å². The van der Waals surface area contributed by atoms with Crippen LogP contribution in [0.3, 0.4) is 0 Å². The molecule has 1 N–H and O–H groups in total. The Morgan fingerprint density at radius 3 is 2.83 bits per heavy atom. The van der Waals surface area contributed by atoms with Gasteiger partial charge in [-0.3, -0.25) is 9.59 Å². The summed E-state index contributed by atoms with van der Waals surface area (Å²) in [6.07, 6.45) is 9.49. The average molecular weight is 346 g/mol. The highest BCUT2D eigenvalue weighted by Gasteiger charge is 2.21. The molecule has 2 aromatic heterocycles. The fourth-order valence-corrected chi connectivity index (χ4v) is 5.22. The van der Waals surface area contributed by atoms with E-state index < -0.39 is 0 Å². The maximum atomic E-state index is 12.4. The van der Waals surface area contributed by atoms with Crippen molar-refractivity contribution in [2.24, 2.45) is 5.92 Å². The minimum Gasteiger partial charge on any atom is -0.458 e. The van der Waals surface area contributed by atoms with Crippen molar-refractivity contribution in [3.05, 3.63) is 26.6 Å². The van der Waals surface area contributed by atoms with E-state index >= 15 is 0 Å². The summed E-state index contributed by atoms with van der Waals surface area (Å²) in [6, 6.07) is 0. The van der Waals surface area contributed by atoms with Gasteiger partial charge in [-0.25, -0.2) is 4.98 Å². The predicted octanol–water partition coefficient (Wildman–Crippen LogP) is 3.49. The van der Waals surface area contributed by atoms with E-state index in [4.69, 9.17) is 4.74 Å². The summed E-state index contributed by atoms with van der Waals surface area (Å²) >= 11 is 1.62. The molecule has 4 rings (SSSR count). The molecule has 0 bridgehead atoms. The molecule has 5 nitrogen and oxygen atoms in total. The number of ether oxygens (including phenoxy) is 1. The van der Waals surface area contributed by atoms with E-state index in [1.54, 1.807) is 11.3 Å². The van der Waals surface area contributed by atoms with Crippen LogP contribution in [0.5, 0.6) is 0 Å². The summed E-state index contributed by atoms with van der Waals surface area (Å²) in [7, 11) is 0. The van der Waals surface area contributed by atoms with Crippen LogP contribution in [-0.2, 0) is 29.0 Å². The normalized spacial score (nSPS) is 18.0. The third-order valence-electron chi connectivity index (χ3n) is 5.17. The van der Waals surface area contributed by atoms with Gasteiger partial charge in [-0.2, -0.15) is 0 Å². The molecule has 0 amide bonds. The summed E-state index contributed by atoms with van der Waals surface area (Å²) in [5.74, 6) is 0.733. The van der Waals surface area contributed by atoms with Crippen LogP contribution in [0.2, 0.25) is 0 Å². The van der Waals surface area contributed by atoms with Crippen molar-refractivity contribution in [1.29, 1.82) is 0 Å². The molecule has 0 aromatic carbocycles. The number of esters is 1. The second kappa shape index (κ2) is 6.67. The number of rotatable bonds is 4. The summed E-state index contributed by atoms with van der Waals surface area (Å²) in [4.78, 5) is 33.8. The van der Waals surface area contributed by atoms with Crippen LogP contribution in [0.25, 0.3) is 10.2 Å². The molecule has 2 heterocycles. The molecule has 128 valence electrons. The van der Waals surface area contributed by atoms with Crippen LogP contribution in [0.1, 0.15) is 61.2 Å². The third kappa shape index (κ3) is 3.11. The smallest absolute Gasteiger partial charge is 0.306 e. The monoisotopic (exact) mass is 346 g/mol. The molecule has 2 aliphatic carbocycles. The highest BCUT2D eigenvalue weighted by molar-refractivity contribution is 7.18. The van der Waals surface area contributed by atoms with Crippen molar-refractivity contribution >= 4 is 27.5 Å². The Bertz CT molecular complexity index is 818. The Kier molecular flexibility index (Phi) is 4.39. The Hall–Kier alpha value is -1.69. The molecule has 1 saturated carbocycles. The number of aromatic nitrogens is 2. The summed E-state index contributed by atoms with van der Waals surface area (Å²) < 4.78 is 5.33. The van der Waals surface area contributed by atoms with Crippen molar-refractivity contribution in [3.63, 3.8) is 0 Å². The number of hydrogen-bond donors (Lipinski definition) is 1. The molecule has 0 spiro atoms. The second-order valence-corrected chi connectivity index (χ2v) is 8.00. The molecule has 24 heavy (non-hydrogen) atoms. The van der Waals surface area contributed by atoms with Crippen LogP contribution in [0, 0.1) is 5.92 Å². The fourth-order valence-electron chi connectivity index (χ4n) is 3.93. The number of fused-ring (bicyclic) bond motifs is 3. The number of carbonyl (C=O) groups is 1. The van der Waals surface area contributed by atoms with Crippen LogP contribution >= 0.6 is 11.3 Å². The number of nitrogens with zero attached hydrogens (tertiary/aromatic N) is 1. The number of H-pyrrole nitrogens is 1. The topological polar surface area (TPSA) is 72.0 Å². The van der Waals surface area contributed by atoms with Crippen LogP contribution in [0.4, 0.5) is 0 Å². The van der Waals surface area contributed by atoms with Gasteiger partial charge in [0.1, 0.15) is 17.3 Å². The number of hydrogen-bond acceptors (Lipinski definition) is 5. The molecular weight excluding hydrogens is 324 g/mol. The molecule has 0 unspecified atom stereocenters. The summed E-state index contributed by atoms with van der Waals surface area (Å²) in [6.45, 7) is 0.0549. The molecule has 0 saturated heterocycles. The van der Waals surface area contributed by atoms with Gasteiger partial charge >= 0.3 is 5.97 Å². The van der Waals surface area contributed by atoms with E-state index in [0.29, 0.717) is 18.2 Å². The van der Waals surface area contributed by atoms with E-state index in [0.717, 1.165) is 42.3 Å². The molecule has 0 atom stereocenters. The zero-order valence-corrected chi connectivity index (χ0v) is 14.5. The zero-order chi connectivity index (χ0) is 16.5. The first-order valence-corrected chi connectivity index (χ1v) is 9.71. The lowest BCUT2D eigenvalue weighted by molar-refractivity contribution is -0.146. The number of carbonyl (C=O) groups excluding carboxylic acids is 1. The lowest BCUT2D eigenvalue weighted by Crippen LogP contribution is -2.16. The van der Waals surface area contributed by atoms with Gasteiger partial charge in [-0.05, 0) is 50.0 Å². The molecule has 0 aliphatic heterocycles. The minimum absolute atomic E-state index is 0.0549. The maximum Gasteiger partial charge on any atom is 0.306 e. The average Bonchev–Trinajstić information content (AvgIpc) is 3.19. The highest BCUT2D eigenvalue weighted by atomic mass is 32.1. The van der Waals surface area contributed by atoms with Gasteiger partial charge in [-0.1, -0.05) is 12.8 Å². The van der Waals surface area contributed by atoms with Crippen molar-refractivity contribution in [3.8, 4) is 0 Å². The van der Waals surface area contributed by atoms with E-state index in [1.807, 2.05) is 0 Å².